The minimum absolute atomic E-state index is 0.213. The Morgan fingerprint density at radius 2 is 2.00 bits per heavy atom. The maximum Gasteiger partial charge on any atom is 0.242 e. The van der Waals surface area contributed by atoms with Crippen LogP contribution >= 0.6 is 0 Å². The highest BCUT2D eigenvalue weighted by Gasteiger charge is 2.17. The first-order valence-electron chi connectivity index (χ1n) is 7.19. The number of carbonyl (C=O) groups excluding carboxylic acids is 1. The molecule has 2 aromatic rings. The number of carbonyl (C=O) groups is 1. The fourth-order valence-electron chi connectivity index (χ4n) is 2.90. The van der Waals surface area contributed by atoms with E-state index >= 15 is 0 Å². The van der Waals surface area contributed by atoms with Gasteiger partial charge in [0.1, 0.15) is 12.3 Å². The van der Waals surface area contributed by atoms with E-state index in [2.05, 4.69) is 0 Å². The fourth-order valence-corrected chi connectivity index (χ4v) is 2.90. The molecule has 4 heteroatoms. The summed E-state index contributed by atoms with van der Waals surface area (Å²) in [6.07, 6.45) is 5.47. The van der Waals surface area contributed by atoms with Crippen LogP contribution in [0.5, 0.6) is 5.75 Å². The van der Waals surface area contributed by atoms with Crippen molar-refractivity contribution in [2.75, 3.05) is 20.2 Å². The molecule has 1 saturated heterocycles. The molecule has 1 amide bonds. The minimum Gasteiger partial charge on any atom is -0.496 e. The third kappa shape index (κ3) is 2.38. The normalized spacial score (nSPS) is 15.6. The van der Waals surface area contributed by atoms with Crippen molar-refractivity contribution in [3.8, 4) is 5.75 Å². The third-order valence-electron chi connectivity index (χ3n) is 4.01. The lowest BCUT2D eigenvalue weighted by Crippen LogP contribution is -2.37. The maximum absolute atomic E-state index is 12.3. The molecule has 0 bridgehead atoms. The number of fused-ring (bicyclic) bond motifs is 1. The zero-order chi connectivity index (χ0) is 13.9. The molecule has 3 rings (SSSR count). The molecule has 1 aromatic heterocycles. The molecule has 0 unspecified atom stereocenters. The zero-order valence-electron chi connectivity index (χ0n) is 11.8. The third-order valence-corrected chi connectivity index (χ3v) is 4.01. The molecule has 106 valence electrons. The molecule has 1 fully saturated rings. The molecule has 4 nitrogen and oxygen atoms in total. The highest BCUT2D eigenvalue weighted by Crippen LogP contribution is 2.26. The standard InChI is InChI=1S/C16H20N2O2/c1-20-15-7-5-6-14-13(15)8-11-18(14)12-16(19)17-9-3-2-4-10-17/h5-8,11H,2-4,9-10,12H2,1H3. The monoisotopic (exact) mass is 272 g/mol. The van der Waals surface area contributed by atoms with Crippen molar-refractivity contribution in [3.05, 3.63) is 30.5 Å². The molecule has 2 heterocycles. The van der Waals surface area contributed by atoms with E-state index in [1.807, 2.05) is 39.9 Å². The lowest BCUT2D eigenvalue weighted by molar-refractivity contribution is -0.132. The predicted molar refractivity (Wildman–Crippen MR) is 78.9 cm³/mol. The zero-order valence-corrected chi connectivity index (χ0v) is 11.8. The van der Waals surface area contributed by atoms with E-state index in [9.17, 15) is 4.79 Å². The Hall–Kier alpha value is -1.97. The number of methoxy groups -OCH3 is 1. The molecule has 20 heavy (non-hydrogen) atoms. The van der Waals surface area contributed by atoms with E-state index in [0.717, 1.165) is 42.6 Å². The SMILES string of the molecule is COc1cccc2c1ccn2CC(=O)N1CCCCC1. The topological polar surface area (TPSA) is 34.5 Å². The Morgan fingerprint density at radius 3 is 2.75 bits per heavy atom. The van der Waals surface area contributed by atoms with Crippen LogP contribution in [-0.4, -0.2) is 35.6 Å². The van der Waals surface area contributed by atoms with Gasteiger partial charge in [-0.3, -0.25) is 4.79 Å². The molecule has 0 saturated carbocycles. The first-order chi connectivity index (χ1) is 9.79. The van der Waals surface area contributed by atoms with Gasteiger partial charge in [0.05, 0.1) is 12.6 Å². The molecule has 0 aliphatic carbocycles. The summed E-state index contributed by atoms with van der Waals surface area (Å²) in [5, 5.41) is 1.06. The number of nitrogens with zero attached hydrogens (tertiary/aromatic N) is 2. The highest BCUT2D eigenvalue weighted by atomic mass is 16.5. The van der Waals surface area contributed by atoms with Crippen molar-refractivity contribution in [1.29, 1.82) is 0 Å². The van der Waals surface area contributed by atoms with Crippen molar-refractivity contribution < 1.29 is 9.53 Å². The second-order valence-corrected chi connectivity index (χ2v) is 5.28. The number of ether oxygens (including phenoxy) is 1. The fraction of sp³-hybridized carbons (Fsp3) is 0.438. The summed E-state index contributed by atoms with van der Waals surface area (Å²) < 4.78 is 7.36. The lowest BCUT2D eigenvalue weighted by atomic mass is 10.1. The summed E-state index contributed by atoms with van der Waals surface area (Å²) in [7, 11) is 1.67. The van der Waals surface area contributed by atoms with Crippen molar-refractivity contribution >= 4 is 16.8 Å². The summed E-state index contributed by atoms with van der Waals surface area (Å²) in [5.74, 6) is 1.07. The van der Waals surface area contributed by atoms with Crippen LogP contribution in [0, 0.1) is 0 Å². The van der Waals surface area contributed by atoms with Crippen LogP contribution in [0.1, 0.15) is 19.3 Å². The van der Waals surface area contributed by atoms with Gasteiger partial charge >= 0.3 is 0 Å². The average Bonchev–Trinajstić information content (AvgIpc) is 2.91. The van der Waals surface area contributed by atoms with Crippen LogP contribution in [0.2, 0.25) is 0 Å². The largest absolute Gasteiger partial charge is 0.496 e. The van der Waals surface area contributed by atoms with Gasteiger partial charge in [-0.25, -0.2) is 0 Å². The van der Waals surface area contributed by atoms with Crippen LogP contribution in [0.4, 0.5) is 0 Å². The number of aromatic nitrogens is 1. The molecule has 0 N–H and O–H groups in total. The van der Waals surface area contributed by atoms with Gasteiger partial charge in [0, 0.05) is 24.7 Å². The maximum atomic E-state index is 12.3. The number of hydrogen-bond donors (Lipinski definition) is 0. The Kier molecular flexibility index (Phi) is 3.63. The quantitative estimate of drug-likeness (QED) is 0.861. The van der Waals surface area contributed by atoms with E-state index in [1.165, 1.54) is 6.42 Å². The number of amides is 1. The Bertz CT molecular complexity index is 612. The van der Waals surface area contributed by atoms with Gasteiger partial charge in [0.2, 0.25) is 5.91 Å². The molecule has 1 aliphatic heterocycles. The number of likely N-dealkylation sites (tertiary alicyclic amines) is 1. The van der Waals surface area contributed by atoms with Gasteiger partial charge in [-0.05, 0) is 37.5 Å². The molecule has 1 aliphatic rings. The lowest BCUT2D eigenvalue weighted by Gasteiger charge is -2.27. The molecule has 0 atom stereocenters. The average molecular weight is 272 g/mol. The molecule has 1 aromatic carbocycles. The van der Waals surface area contributed by atoms with Gasteiger partial charge in [-0.15, -0.1) is 0 Å². The van der Waals surface area contributed by atoms with Gasteiger partial charge in [0.15, 0.2) is 0 Å². The van der Waals surface area contributed by atoms with Crippen molar-refractivity contribution in [2.24, 2.45) is 0 Å². The second-order valence-electron chi connectivity index (χ2n) is 5.28. The minimum atomic E-state index is 0.213. The smallest absolute Gasteiger partial charge is 0.242 e. The van der Waals surface area contributed by atoms with Gasteiger partial charge in [-0.2, -0.15) is 0 Å². The van der Waals surface area contributed by atoms with Crippen molar-refractivity contribution in [1.82, 2.24) is 9.47 Å². The van der Waals surface area contributed by atoms with Crippen LogP contribution < -0.4 is 4.74 Å². The van der Waals surface area contributed by atoms with E-state index in [0.29, 0.717) is 6.54 Å². The number of benzene rings is 1. The van der Waals surface area contributed by atoms with Crippen molar-refractivity contribution in [2.45, 2.75) is 25.8 Å². The summed E-state index contributed by atoms with van der Waals surface area (Å²) in [6.45, 7) is 2.22. The number of hydrogen-bond acceptors (Lipinski definition) is 2. The first-order valence-corrected chi connectivity index (χ1v) is 7.19. The van der Waals surface area contributed by atoms with Crippen LogP contribution in [0.3, 0.4) is 0 Å². The number of piperidine rings is 1. The summed E-state index contributed by atoms with van der Waals surface area (Å²) in [5.41, 5.74) is 1.05. The molecule has 0 spiro atoms. The first kappa shape index (κ1) is 13.0. The van der Waals surface area contributed by atoms with Gasteiger partial charge < -0.3 is 14.2 Å². The Morgan fingerprint density at radius 1 is 1.20 bits per heavy atom. The van der Waals surface area contributed by atoms with Gasteiger partial charge in [0.25, 0.3) is 0 Å². The summed E-state index contributed by atoms with van der Waals surface area (Å²) in [6, 6.07) is 7.95. The van der Waals surface area contributed by atoms with Crippen molar-refractivity contribution in [3.63, 3.8) is 0 Å². The molecular weight excluding hydrogens is 252 g/mol. The molecular formula is C16H20N2O2. The molecule has 0 radical (unpaired) electrons. The van der Waals surface area contributed by atoms with Crippen LogP contribution in [0.15, 0.2) is 30.5 Å². The van der Waals surface area contributed by atoms with E-state index < -0.39 is 0 Å². The second kappa shape index (κ2) is 5.57. The van der Waals surface area contributed by atoms with E-state index in [-0.39, 0.29) is 5.91 Å². The highest BCUT2D eigenvalue weighted by molar-refractivity contribution is 5.88. The predicted octanol–water partition coefficient (Wildman–Crippen LogP) is 2.66. The Labute approximate surface area is 118 Å². The summed E-state index contributed by atoms with van der Waals surface area (Å²) in [4.78, 5) is 14.3. The van der Waals surface area contributed by atoms with Crippen LogP contribution in [-0.2, 0) is 11.3 Å². The summed E-state index contributed by atoms with van der Waals surface area (Å²) >= 11 is 0. The van der Waals surface area contributed by atoms with Crippen LogP contribution in [0.25, 0.3) is 10.9 Å². The van der Waals surface area contributed by atoms with E-state index in [4.69, 9.17) is 4.74 Å². The number of rotatable bonds is 3. The Balaban J connectivity index is 1.82. The van der Waals surface area contributed by atoms with E-state index in [1.54, 1.807) is 7.11 Å². The van der Waals surface area contributed by atoms with Gasteiger partial charge in [-0.1, -0.05) is 6.07 Å².